The highest BCUT2D eigenvalue weighted by Gasteiger charge is 2.26. The van der Waals surface area contributed by atoms with E-state index in [-0.39, 0.29) is 0 Å². The Kier molecular flexibility index (Phi) is 3.28. The second-order valence-corrected chi connectivity index (χ2v) is 4.98. The Morgan fingerprint density at radius 3 is 2.08 bits per heavy atom. The van der Waals surface area contributed by atoms with Crippen molar-refractivity contribution in [3.05, 3.63) is 0 Å². The predicted octanol–water partition coefficient (Wildman–Crippen LogP) is -0.185. The number of rotatable bonds is 2. The molecule has 0 amide bonds. The van der Waals surface area contributed by atoms with Gasteiger partial charge in [-0.2, -0.15) is 12.7 Å². The monoisotopic (exact) mass is 208 g/mol. The molecule has 0 aromatic carbocycles. The van der Waals surface area contributed by atoms with Gasteiger partial charge in [0.05, 0.1) is 0 Å². The van der Waals surface area contributed by atoms with Crippen LogP contribution in [0.4, 0.5) is 0 Å². The third-order valence-electron chi connectivity index (χ3n) is 2.48. The lowest BCUT2D eigenvalue weighted by atomic mass is 10.1. The Morgan fingerprint density at radius 2 is 1.77 bits per heavy atom. The minimum Gasteiger partial charge on any atom is -0.306 e. The maximum atomic E-state index is 10.7. The van der Waals surface area contributed by atoms with Gasteiger partial charge in [0.2, 0.25) is 0 Å². The molecule has 0 atom stereocenters. The molecule has 0 unspecified atom stereocenters. The van der Waals surface area contributed by atoms with Gasteiger partial charge in [-0.05, 0) is 26.9 Å². The van der Waals surface area contributed by atoms with Gasteiger partial charge in [0, 0.05) is 19.1 Å². The second-order valence-electron chi connectivity index (χ2n) is 3.57. The van der Waals surface area contributed by atoms with Crippen LogP contribution in [0.1, 0.15) is 12.8 Å². The van der Waals surface area contributed by atoms with E-state index < -0.39 is 10.3 Å². The van der Waals surface area contributed by atoms with E-state index in [9.17, 15) is 8.42 Å². The molecule has 1 N–H and O–H groups in total. The molecule has 78 valence electrons. The third kappa shape index (κ3) is 2.91. The van der Waals surface area contributed by atoms with Crippen LogP contribution in [-0.4, -0.2) is 55.4 Å². The highest BCUT2D eigenvalue weighted by atomic mass is 32.2. The Morgan fingerprint density at radius 1 is 1.31 bits per heavy atom. The lowest BCUT2D eigenvalue weighted by molar-refractivity contribution is 0.189. The fourth-order valence-electron chi connectivity index (χ4n) is 1.59. The SMILES string of the molecule is CN(C)C1CCN(S(=O)(=O)O)CC1. The molecule has 5 nitrogen and oxygen atoms in total. The third-order valence-corrected chi connectivity index (χ3v) is 3.50. The Balaban J connectivity index is 2.49. The molecule has 1 rings (SSSR count). The van der Waals surface area contributed by atoms with Crippen molar-refractivity contribution in [1.29, 1.82) is 0 Å². The topological polar surface area (TPSA) is 60.9 Å². The number of hydrogen-bond donors (Lipinski definition) is 1. The maximum Gasteiger partial charge on any atom is 0.335 e. The Labute approximate surface area is 79.2 Å². The van der Waals surface area contributed by atoms with Crippen LogP contribution in [-0.2, 0) is 10.3 Å². The predicted molar refractivity (Wildman–Crippen MR) is 49.8 cm³/mol. The molecule has 1 aliphatic rings. The summed E-state index contributed by atoms with van der Waals surface area (Å²) >= 11 is 0. The summed E-state index contributed by atoms with van der Waals surface area (Å²) in [5.41, 5.74) is 0. The highest BCUT2D eigenvalue weighted by Crippen LogP contribution is 2.15. The van der Waals surface area contributed by atoms with Crippen LogP contribution >= 0.6 is 0 Å². The van der Waals surface area contributed by atoms with Crippen molar-refractivity contribution in [3.63, 3.8) is 0 Å². The summed E-state index contributed by atoms with van der Waals surface area (Å²) in [5.74, 6) is 0. The van der Waals surface area contributed by atoms with Crippen LogP contribution in [0, 0.1) is 0 Å². The molecule has 0 aromatic heterocycles. The van der Waals surface area contributed by atoms with Crippen molar-refractivity contribution in [2.24, 2.45) is 0 Å². The molecule has 0 saturated carbocycles. The molecule has 6 heteroatoms. The van der Waals surface area contributed by atoms with Crippen molar-refractivity contribution in [2.75, 3.05) is 27.2 Å². The minimum atomic E-state index is -3.96. The number of piperidine rings is 1. The molecular formula is C7H16N2O3S. The zero-order valence-corrected chi connectivity index (χ0v) is 8.79. The van der Waals surface area contributed by atoms with Crippen molar-refractivity contribution in [1.82, 2.24) is 9.21 Å². The zero-order chi connectivity index (χ0) is 10.1. The van der Waals surface area contributed by atoms with Gasteiger partial charge < -0.3 is 4.90 Å². The van der Waals surface area contributed by atoms with E-state index >= 15 is 0 Å². The van der Waals surface area contributed by atoms with E-state index in [0.717, 1.165) is 17.1 Å². The summed E-state index contributed by atoms with van der Waals surface area (Å²) in [4.78, 5) is 2.08. The van der Waals surface area contributed by atoms with Crippen LogP contribution in [0.5, 0.6) is 0 Å². The summed E-state index contributed by atoms with van der Waals surface area (Å²) in [6.07, 6.45) is 1.57. The van der Waals surface area contributed by atoms with Gasteiger partial charge in [-0.3, -0.25) is 4.55 Å². The summed E-state index contributed by atoms with van der Waals surface area (Å²) in [6, 6.07) is 0.429. The first-order valence-electron chi connectivity index (χ1n) is 4.30. The molecule has 13 heavy (non-hydrogen) atoms. The molecule has 0 spiro atoms. The molecule has 0 radical (unpaired) electrons. The molecular weight excluding hydrogens is 192 g/mol. The Hall–Kier alpha value is -0.170. The first kappa shape index (κ1) is 10.9. The largest absolute Gasteiger partial charge is 0.335 e. The van der Waals surface area contributed by atoms with E-state index in [1.165, 1.54) is 0 Å². The van der Waals surface area contributed by atoms with Crippen molar-refractivity contribution >= 4 is 10.3 Å². The first-order valence-corrected chi connectivity index (χ1v) is 5.70. The first-order chi connectivity index (χ1) is 5.91. The summed E-state index contributed by atoms with van der Waals surface area (Å²) in [5, 5.41) is 0. The molecule has 0 aromatic rings. The van der Waals surface area contributed by atoms with Gasteiger partial charge in [0.1, 0.15) is 0 Å². The highest BCUT2D eigenvalue weighted by molar-refractivity contribution is 7.83. The summed E-state index contributed by atoms with van der Waals surface area (Å²) in [7, 11) is -0.000324. The van der Waals surface area contributed by atoms with Crippen molar-refractivity contribution in [3.8, 4) is 0 Å². The lowest BCUT2D eigenvalue weighted by Crippen LogP contribution is -2.44. The summed E-state index contributed by atoms with van der Waals surface area (Å²) < 4.78 is 31.3. The Bertz CT molecular complexity index is 255. The average molecular weight is 208 g/mol. The average Bonchev–Trinajstić information content (AvgIpc) is 2.03. The normalized spacial score (nSPS) is 22.5. The van der Waals surface area contributed by atoms with Gasteiger partial charge >= 0.3 is 10.3 Å². The van der Waals surface area contributed by atoms with Crippen molar-refractivity contribution in [2.45, 2.75) is 18.9 Å². The fraction of sp³-hybridized carbons (Fsp3) is 1.00. The number of nitrogens with zero attached hydrogens (tertiary/aromatic N) is 2. The molecule has 0 aliphatic carbocycles. The lowest BCUT2D eigenvalue weighted by Gasteiger charge is -2.32. The van der Waals surface area contributed by atoms with E-state index in [2.05, 4.69) is 4.90 Å². The van der Waals surface area contributed by atoms with Gasteiger partial charge in [-0.1, -0.05) is 0 Å². The molecule has 1 heterocycles. The molecule has 1 saturated heterocycles. The van der Waals surface area contributed by atoms with Gasteiger partial charge in [-0.15, -0.1) is 0 Å². The van der Waals surface area contributed by atoms with E-state index in [0.29, 0.717) is 19.1 Å². The smallest absolute Gasteiger partial charge is 0.306 e. The quantitative estimate of drug-likeness (QED) is 0.639. The van der Waals surface area contributed by atoms with E-state index in [4.69, 9.17) is 4.55 Å². The van der Waals surface area contributed by atoms with E-state index in [1.54, 1.807) is 0 Å². The van der Waals surface area contributed by atoms with Crippen molar-refractivity contribution < 1.29 is 13.0 Å². The van der Waals surface area contributed by atoms with Crippen LogP contribution in [0.15, 0.2) is 0 Å². The van der Waals surface area contributed by atoms with Crippen LogP contribution < -0.4 is 0 Å². The zero-order valence-electron chi connectivity index (χ0n) is 7.97. The standard InChI is InChI=1S/C7H16N2O3S/c1-8(2)7-3-5-9(6-4-7)13(10,11)12/h7H,3-6H2,1-2H3,(H,10,11,12). The fourth-order valence-corrected chi connectivity index (χ4v) is 2.26. The molecule has 1 aliphatic heterocycles. The van der Waals surface area contributed by atoms with Crippen LogP contribution in [0.3, 0.4) is 0 Å². The number of hydrogen-bond acceptors (Lipinski definition) is 3. The minimum absolute atomic E-state index is 0.418. The van der Waals surface area contributed by atoms with Crippen LogP contribution in [0.25, 0.3) is 0 Å². The maximum absolute atomic E-state index is 10.7. The summed E-state index contributed by atoms with van der Waals surface area (Å²) in [6.45, 7) is 0.837. The van der Waals surface area contributed by atoms with Gasteiger partial charge in [0.25, 0.3) is 0 Å². The van der Waals surface area contributed by atoms with Crippen LogP contribution in [0.2, 0.25) is 0 Å². The second kappa shape index (κ2) is 3.91. The molecule has 1 fully saturated rings. The van der Waals surface area contributed by atoms with Gasteiger partial charge in [-0.25, -0.2) is 0 Å². The molecule has 0 bridgehead atoms. The van der Waals surface area contributed by atoms with Gasteiger partial charge in [0.15, 0.2) is 0 Å². The van der Waals surface area contributed by atoms with E-state index in [1.807, 2.05) is 14.1 Å².